The molecule has 1 fully saturated rings. The van der Waals surface area contributed by atoms with Gasteiger partial charge < -0.3 is 20.1 Å². The number of ether oxygens (including phenoxy) is 1. The van der Waals surface area contributed by atoms with Crippen LogP contribution in [0.5, 0.6) is 5.75 Å². The van der Waals surface area contributed by atoms with Gasteiger partial charge in [0, 0.05) is 38.9 Å². The van der Waals surface area contributed by atoms with Crippen LogP contribution >= 0.6 is 0 Å². The zero-order chi connectivity index (χ0) is 20.9. The van der Waals surface area contributed by atoms with Crippen molar-refractivity contribution in [1.82, 2.24) is 9.80 Å². The summed E-state index contributed by atoms with van der Waals surface area (Å²) < 4.78 is 5.86. The maximum atomic E-state index is 13.0. The van der Waals surface area contributed by atoms with Crippen molar-refractivity contribution < 1.29 is 14.6 Å². The third-order valence-electron chi connectivity index (χ3n) is 6.10. The third-order valence-corrected chi connectivity index (χ3v) is 6.10. The molecule has 0 bridgehead atoms. The highest BCUT2D eigenvalue weighted by Crippen LogP contribution is 2.27. The molecule has 2 aliphatic heterocycles. The van der Waals surface area contributed by atoms with Crippen LogP contribution in [0, 0.1) is 0 Å². The van der Waals surface area contributed by atoms with Crippen molar-refractivity contribution in [2.24, 2.45) is 0 Å². The number of aliphatic hydroxyl groups excluding tert-OH is 1. The zero-order valence-electron chi connectivity index (χ0n) is 17.6. The quantitative estimate of drug-likeness (QED) is 0.736. The number of hydrogen-bond acceptors (Lipinski definition) is 5. The van der Waals surface area contributed by atoms with E-state index < -0.39 is 0 Å². The van der Waals surface area contributed by atoms with Gasteiger partial charge in [0.05, 0.1) is 12.1 Å². The molecule has 2 heterocycles. The highest BCUT2D eigenvalue weighted by atomic mass is 16.5. The van der Waals surface area contributed by atoms with Gasteiger partial charge >= 0.3 is 0 Å². The van der Waals surface area contributed by atoms with Crippen molar-refractivity contribution in [3.63, 3.8) is 0 Å². The summed E-state index contributed by atoms with van der Waals surface area (Å²) in [6.45, 7) is 3.23. The van der Waals surface area contributed by atoms with Crippen LogP contribution < -0.4 is 10.1 Å². The van der Waals surface area contributed by atoms with Gasteiger partial charge in [-0.15, -0.1) is 0 Å². The Labute approximate surface area is 178 Å². The molecule has 2 atom stereocenters. The molecular formula is C24H31N3O3. The van der Waals surface area contributed by atoms with Crippen molar-refractivity contribution in [1.29, 1.82) is 0 Å². The lowest BCUT2D eigenvalue weighted by Crippen LogP contribution is -2.40. The average molecular weight is 410 g/mol. The maximum Gasteiger partial charge on any atom is 0.260 e. The van der Waals surface area contributed by atoms with E-state index in [0.29, 0.717) is 13.1 Å². The normalized spacial score (nSPS) is 19.6. The van der Waals surface area contributed by atoms with Crippen molar-refractivity contribution in [3.8, 4) is 5.75 Å². The first kappa shape index (κ1) is 20.7. The van der Waals surface area contributed by atoms with Crippen molar-refractivity contribution in [3.05, 3.63) is 59.7 Å². The molecule has 2 aromatic carbocycles. The highest BCUT2D eigenvalue weighted by Gasteiger charge is 2.28. The number of nitrogens with zero attached hydrogens (tertiary/aromatic N) is 2. The van der Waals surface area contributed by atoms with E-state index in [2.05, 4.69) is 22.3 Å². The second kappa shape index (κ2) is 9.49. The van der Waals surface area contributed by atoms with Crippen molar-refractivity contribution in [2.75, 3.05) is 45.2 Å². The summed E-state index contributed by atoms with van der Waals surface area (Å²) in [7, 11) is 1.84. The molecule has 6 heteroatoms. The van der Waals surface area contributed by atoms with Crippen LogP contribution in [-0.4, -0.2) is 66.8 Å². The van der Waals surface area contributed by atoms with E-state index in [1.54, 1.807) is 4.90 Å². The average Bonchev–Trinajstić information content (AvgIpc) is 3.20. The largest absolute Gasteiger partial charge is 0.484 e. The number of nitrogens with one attached hydrogen (secondary N) is 1. The number of aryl methyl sites for hydroxylation is 1. The van der Waals surface area contributed by atoms with E-state index in [-0.39, 0.29) is 24.7 Å². The number of anilines is 1. The van der Waals surface area contributed by atoms with Gasteiger partial charge in [0.25, 0.3) is 5.91 Å². The molecule has 0 saturated carbocycles. The summed E-state index contributed by atoms with van der Waals surface area (Å²) in [6.07, 6.45) is 2.66. The number of carbonyl (C=O) groups is 1. The molecule has 30 heavy (non-hydrogen) atoms. The summed E-state index contributed by atoms with van der Waals surface area (Å²) in [4.78, 5) is 17.0. The molecule has 0 radical (unpaired) electrons. The number of hydrogen-bond donors (Lipinski definition) is 2. The van der Waals surface area contributed by atoms with Crippen LogP contribution in [0.4, 0.5) is 5.69 Å². The number of likely N-dealkylation sites (N-methyl/N-ethyl adjacent to an activating group) is 1. The predicted octanol–water partition coefficient (Wildman–Crippen LogP) is 2.69. The Balaban J connectivity index is 1.41. The number of likely N-dealkylation sites (tertiary alicyclic amines) is 1. The summed E-state index contributed by atoms with van der Waals surface area (Å²) in [5, 5.41) is 13.3. The molecule has 160 valence electrons. The summed E-state index contributed by atoms with van der Waals surface area (Å²) in [6, 6.07) is 16.0. The molecule has 2 aliphatic rings. The number of aliphatic hydroxyl groups is 1. The van der Waals surface area contributed by atoms with E-state index in [1.165, 1.54) is 5.56 Å². The molecule has 0 spiro atoms. The molecule has 0 aliphatic carbocycles. The molecule has 6 nitrogen and oxygen atoms in total. The van der Waals surface area contributed by atoms with Crippen LogP contribution in [0.1, 0.15) is 30.0 Å². The minimum Gasteiger partial charge on any atom is -0.484 e. The summed E-state index contributed by atoms with van der Waals surface area (Å²) in [5.41, 5.74) is 3.50. The molecule has 1 amide bonds. The highest BCUT2D eigenvalue weighted by molar-refractivity contribution is 5.78. The monoisotopic (exact) mass is 409 g/mol. The molecular weight excluding hydrogens is 378 g/mol. The molecule has 2 aromatic rings. The zero-order valence-corrected chi connectivity index (χ0v) is 17.6. The van der Waals surface area contributed by atoms with E-state index >= 15 is 0 Å². The van der Waals surface area contributed by atoms with E-state index in [9.17, 15) is 9.90 Å². The van der Waals surface area contributed by atoms with Crippen LogP contribution in [-0.2, 0) is 11.2 Å². The van der Waals surface area contributed by atoms with Crippen LogP contribution in [0.25, 0.3) is 0 Å². The van der Waals surface area contributed by atoms with Gasteiger partial charge in [-0.1, -0.05) is 30.3 Å². The van der Waals surface area contributed by atoms with Gasteiger partial charge in [0.2, 0.25) is 0 Å². The van der Waals surface area contributed by atoms with Crippen molar-refractivity contribution in [2.45, 2.75) is 31.4 Å². The fraction of sp³-hybridized carbons (Fsp3) is 0.458. The Kier molecular flexibility index (Phi) is 6.55. The molecule has 1 unspecified atom stereocenters. The Bertz CT molecular complexity index is 858. The topological polar surface area (TPSA) is 65.0 Å². The minimum absolute atomic E-state index is 0.00860. The maximum absolute atomic E-state index is 13.0. The number of β-amino-alcohol motifs (C(OH)–C–C–N with tert-alkyl or cyclic N) is 1. The van der Waals surface area contributed by atoms with Crippen LogP contribution in [0.2, 0.25) is 0 Å². The van der Waals surface area contributed by atoms with Crippen molar-refractivity contribution >= 4 is 11.6 Å². The number of benzene rings is 2. The van der Waals surface area contributed by atoms with E-state index in [4.69, 9.17) is 4.74 Å². The number of rotatable bonds is 7. The molecule has 1 saturated heterocycles. The number of carbonyl (C=O) groups excluding carboxylic acids is 1. The second-order valence-corrected chi connectivity index (χ2v) is 8.27. The number of fused-ring (bicyclic) bond motifs is 1. The van der Waals surface area contributed by atoms with Crippen LogP contribution in [0.3, 0.4) is 0 Å². The summed E-state index contributed by atoms with van der Waals surface area (Å²) in [5.74, 6) is 0.678. The first-order chi connectivity index (χ1) is 14.6. The first-order valence-electron chi connectivity index (χ1n) is 10.8. The van der Waals surface area contributed by atoms with Gasteiger partial charge in [-0.2, -0.15) is 0 Å². The van der Waals surface area contributed by atoms with Crippen LogP contribution in [0.15, 0.2) is 48.5 Å². The Morgan fingerprint density at radius 3 is 2.90 bits per heavy atom. The SMILES string of the molecule is CN(C(=O)COc1ccc2c(c1)CCCN2)[C@H](CN1CCC(O)C1)c1ccccc1. The second-order valence-electron chi connectivity index (χ2n) is 8.27. The van der Waals surface area contributed by atoms with Gasteiger partial charge in [-0.25, -0.2) is 0 Å². The molecule has 0 aromatic heterocycles. The first-order valence-corrected chi connectivity index (χ1v) is 10.8. The van der Waals surface area contributed by atoms with E-state index in [1.807, 2.05) is 43.4 Å². The number of amides is 1. The summed E-state index contributed by atoms with van der Waals surface area (Å²) >= 11 is 0. The Morgan fingerprint density at radius 1 is 1.30 bits per heavy atom. The lowest BCUT2D eigenvalue weighted by atomic mass is 10.0. The molecule has 2 N–H and O–H groups in total. The van der Waals surface area contributed by atoms with Gasteiger partial charge in [-0.3, -0.25) is 9.69 Å². The van der Waals surface area contributed by atoms with Gasteiger partial charge in [0.15, 0.2) is 6.61 Å². The smallest absolute Gasteiger partial charge is 0.260 e. The Morgan fingerprint density at radius 2 is 2.13 bits per heavy atom. The predicted molar refractivity (Wildman–Crippen MR) is 118 cm³/mol. The fourth-order valence-electron chi connectivity index (χ4n) is 4.31. The molecule has 4 rings (SSSR count). The van der Waals surface area contributed by atoms with E-state index in [0.717, 1.165) is 49.4 Å². The lowest BCUT2D eigenvalue weighted by molar-refractivity contribution is -0.134. The van der Waals surface area contributed by atoms with Gasteiger partial charge in [-0.05, 0) is 48.6 Å². The lowest BCUT2D eigenvalue weighted by Gasteiger charge is -2.32. The standard InChI is InChI=1S/C24H31N3O3/c1-26(23(18-6-3-2-4-7-18)16-27-13-11-20(28)15-27)24(29)17-30-21-9-10-22-19(14-21)8-5-12-25-22/h2-4,6-7,9-10,14,20,23,25,28H,5,8,11-13,15-17H2,1H3/t20?,23-/m1/s1. The minimum atomic E-state index is -0.274. The third kappa shape index (κ3) is 4.94. The fourth-order valence-corrected chi connectivity index (χ4v) is 4.31. The van der Waals surface area contributed by atoms with Gasteiger partial charge in [0.1, 0.15) is 5.75 Å². The Hall–Kier alpha value is -2.57.